The molecule has 0 saturated heterocycles. The van der Waals surface area contributed by atoms with E-state index in [1.54, 1.807) is 0 Å². The summed E-state index contributed by atoms with van der Waals surface area (Å²) >= 11 is 0. The summed E-state index contributed by atoms with van der Waals surface area (Å²) in [5.74, 6) is -4.08. The molecule has 0 aliphatic carbocycles. The average Bonchev–Trinajstić information content (AvgIpc) is 2.42. The number of ether oxygens (including phenoxy) is 1. The Balaban J connectivity index is 2.49. The fourth-order valence-electron chi connectivity index (χ4n) is 1.47. The Labute approximate surface area is 119 Å². The number of aliphatic carboxylic acids is 2. The summed E-state index contributed by atoms with van der Waals surface area (Å²) < 4.78 is 18.1. The van der Waals surface area contributed by atoms with E-state index in [4.69, 9.17) is 14.9 Å². The van der Waals surface area contributed by atoms with Gasteiger partial charge in [0.05, 0.1) is 0 Å². The minimum absolute atomic E-state index is 0.134. The number of amides is 1. The quantitative estimate of drug-likeness (QED) is 0.649. The van der Waals surface area contributed by atoms with E-state index in [0.29, 0.717) is 0 Å². The van der Waals surface area contributed by atoms with Crippen LogP contribution in [0.15, 0.2) is 24.3 Å². The lowest BCUT2D eigenvalue weighted by Gasteiger charge is -2.14. The first-order valence-electron chi connectivity index (χ1n) is 6.01. The highest BCUT2D eigenvalue weighted by Gasteiger charge is 2.21. The standard InChI is InChI=1S/C13H14FNO6/c14-8-3-1-2-4-10(8)21-7-11(16)15-9(13(19)20)5-6-12(17)18/h1-4,9H,5-7H2,(H,15,16)(H,17,18)(H,19,20). The number of hydrogen-bond donors (Lipinski definition) is 3. The van der Waals surface area contributed by atoms with Crippen molar-refractivity contribution in [2.75, 3.05) is 6.61 Å². The van der Waals surface area contributed by atoms with Crippen LogP contribution in [0.25, 0.3) is 0 Å². The summed E-state index contributed by atoms with van der Waals surface area (Å²) in [6.07, 6.45) is -0.651. The van der Waals surface area contributed by atoms with Gasteiger partial charge in [0.1, 0.15) is 6.04 Å². The first kappa shape index (κ1) is 16.4. The number of carboxylic acid groups (broad SMARTS) is 2. The zero-order chi connectivity index (χ0) is 15.8. The van der Waals surface area contributed by atoms with Gasteiger partial charge in [0.25, 0.3) is 5.91 Å². The van der Waals surface area contributed by atoms with Crippen molar-refractivity contribution in [3.63, 3.8) is 0 Å². The lowest BCUT2D eigenvalue weighted by molar-refractivity contribution is -0.143. The van der Waals surface area contributed by atoms with Crippen LogP contribution < -0.4 is 10.1 Å². The van der Waals surface area contributed by atoms with E-state index in [9.17, 15) is 18.8 Å². The number of benzene rings is 1. The largest absolute Gasteiger partial charge is 0.481 e. The van der Waals surface area contributed by atoms with E-state index in [2.05, 4.69) is 5.32 Å². The maximum atomic E-state index is 13.2. The molecule has 0 bridgehead atoms. The summed E-state index contributed by atoms with van der Waals surface area (Å²) in [7, 11) is 0. The van der Waals surface area contributed by atoms with Crippen molar-refractivity contribution in [1.29, 1.82) is 0 Å². The van der Waals surface area contributed by atoms with Crippen LogP contribution in [0.4, 0.5) is 4.39 Å². The van der Waals surface area contributed by atoms with Gasteiger partial charge in [-0.1, -0.05) is 12.1 Å². The molecule has 0 saturated carbocycles. The van der Waals surface area contributed by atoms with Gasteiger partial charge in [-0.25, -0.2) is 9.18 Å². The maximum Gasteiger partial charge on any atom is 0.326 e. The van der Waals surface area contributed by atoms with Gasteiger partial charge >= 0.3 is 11.9 Å². The molecule has 0 radical (unpaired) electrons. The van der Waals surface area contributed by atoms with Crippen LogP contribution in [-0.2, 0) is 14.4 Å². The van der Waals surface area contributed by atoms with Crippen LogP contribution in [0.2, 0.25) is 0 Å². The van der Waals surface area contributed by atoms with Crippen molar-refractivity contribution < 1.29 is 33.7 Å². The molecule has 1 unspecified atom stereocenters. The zero-order valence-electron chi connectivity index (χ0n) is 10.9. The first-order chi connectivity index (χ1) is 9.90. The highest BCUT2D eigenvalue weighted by molar-refractivity contribution is 5.84. The number of halogens is 1. The molecule has 21 heavy (non-hydrogen) atoms. The molecule has 0 aliphatic heterocycles. The normalized spacial score (nSPS) is 11.5. The van der Waals surface area contributed by atoms with E-state index >= 15 is 0 Å². The van der Waals surface area contributed by atoms with Crippen LogP contribution in [0.5, 0.6) is 5.75 Å². The maximum absolute atomic E-state index is 13.2. The van der Waals surface area contributed by atoms with Crippen LogP contribution in [0.3, 0.4) is 0 Å². The van der Waals surface area contributed by atoms with Gasteiger partial charge in [-0.05, 0) is 18.6 Å². The first-order valence-corrected chi connectivity index (χ1v) is 6.01. The van der Waals surface area contributed by atoms with Gasteiger partial charge in [-0.2, -0.15) is 0 Å². The lowest BCUT2D eigenvalue weighted by atomic mass is 10.1. The van der Waals surface area contributed by atoms with E-state index in [-0.39, 0.29) is 12.2 Å². The Morgan fingerprint density at radius 1 is 1.24 bits per heavy atom. The molecule has 0 heterocycles. The third-order valence-electron chi connectivity index (χ3n) is 2.48. The second-order valence-electron chi connectivity index (χ2n) is 4.11. The Kier molecular flexibility index (Phi) is 6.12. The number of rotatable bonds is 8. The third-order valence-corrected chi connectivity index (χ3v) is 2.48. The summed E-state index contributed by atoms with van der Waals surface area (Å²) in [6, 6.07) is 4.11. The SMILES string of the molecule is O=C(O)CCC(NC(=O)COc1ccccc1F)C(=O)O. The fraction of sp³-hybridized carbons (Fsp3) is 0.308. The molecular weight excluding hydrogens is 285 g/mol. The molecule has 0 fully saturated rings. The summed E-state index contributed by atoms with van der Waals surface area (Å²) in [4.78, 5) is 32.8. The number of hydrogen-bond acceptors (Lipinski definition) is 4. The number of carbonyl (C=O) groups excluding carboxylic acids is 1. The average molecular weight is 299 g/mol. The minimum atomic E-state index is -1.35. The molecule has 114 valence electrons. The molecular formula is C13H14FNO6. The predicted octanol–water partition coefficient (Wildman–Crippen LogP) is 0.639. The highest BCUT2D eigenvalue weighted by atomic mass is 19.1. The Bertz CT molecular complexity index is 533. The van der Waals surface area contributed by atoms with Gasteiger partial charge in [0.2, 0.25) is 0 Å². The van der Waals surface area contributed by atoms with Gasteiger partial charge in [0, 0.05) is 6.42 Å². The monoisotopic (exact) mass is 299 g/mol. The van der Waals surface area contributed by atoms with E-state index < -0.39 is 42.7 Å². The number of carbonyl (C=O) groups is 3. The smallest absolute Gasteiger partial charge is 0.326 e. The molecule has 1 aromatic rings. The second-order valence-corrected chi connectivity index (χ2v) is 4.11. The molecule has 1 amide bonds. The molecule has 1 aromatic carbocycles. The van der Waals surface area contributed by atoms with Gasteiger partial charge < -0.3 is 20.3 Å². The van der Waals surface area contributed by atoms with Crippen molar-refractivity contribution in [1.82, 2.24) is 5.32 Å². The minimum Gasteiger partial charge on any atom is -0.481 e. The molecule has 3 N–H and O–H groups in total. The molecule has 7 nitrogen and oxygen atoms in total. The zero-order valence-corrected chi connectivity index (χ0v) is 10.9. The van der Waals surface area contributed by atoms with Gasteiger partial charge in [-0.3, -0.25) is 9.59 Å². The predicted molar refractivity (Wildman–Crippen MR) is 68.3 cm³/mol. The molecule has 0 aromatic heterocycles. The van der Waals surface area contributed by atoms with Crippen LogP contribution in [0, 0.1) is 5.82 Å². The summed E-state index contributed by atoms with van der Waals surface area (Å²) in [6.45, 7) is -0.572. The second kappa shape index (κ2) is 7.83. The topological polar surface area (TPSA) is 113 Å². The van der Waals surface area contributed by atoms with Gasteiger partial charge in [-0.15, -0.1) is 0 Å². The van der Waals surface area contributed by atoms with Crippen LogP contribution in [0.1, 0.15) is 12.8 Å². The summed E-state index contributed by atoms with van der Waals surface area (Å²) in [5.41, 5.74) is 0. The van der Waals surface area contributed by atoms with Gasteiger partial charge in [0.15, 0.2) is 18.2 Å². The van der Waals surface area contributed by atoms with Crippen molar-refractivity contribution in [2.45, 2.75) is 18.9 Å². The highest BCUT2D eigenvalue weighted by Crippen LogP contribution is 2.14. The van der Waals surface area contributed by atoms with Crippen molar-refractivity contribution >= 4 is 17.8 Å². The molecule has 8 heteroatoms. The van der Waals surface area contributed by atoms with Crippen molar-refractivity contribution in [3.05, 3.63) is 30.1 Å². The molecule has 0 spiro atoms. The summed E-state index contributed by atoms with van der Waals surface area (Å²) in [5, 5.41) is 19.5. The van der Waals surface area contributed by atoms with Crippen molar-refractivity contribution in [2.24, 2.45) is 0 Å². The van der Waals surface area contributed by atoms with Crippen LogP contribution in [-0.4, -0.2) is 40.7 Å². The molecule has 1 atom stereocenters. The van der Waals surface area contributed by atoms with E-state index in [0.717, 1.165) is 6.07 Å². The molecule has 0 aliphatic rings. The Morgan fingerprint density at radius 3 is 2.48 bits per heavy atom. The number of nitrogens with one attached hydrogen (secondary N) is 1. The van der Waals surface area contributed by atoms with E-state index in [1.165, 1.54) is 18.2 Å². The van der Waals surface area contributed by atoms with Crippen molar-refractivity contribution in [3.8, 4) is 5.75 Å². The Hall–Kier alpha value is -2.64. The van der Waals surface area contributed by atoms with Crippen LogP contribution >= 0.6 is 0 Å². The molecule has 1 rings (SSSR count). The number of para-hydroxylation sites is 1. The Morgan fingerprint density at radius 2 is 1.90 bits per heavy atom. The van der Waals surface area contributed by atoms with E-state index in [1.807, 2.05) is 0 Å². The third kappa shape index (κ3) is 5.89. The number of carboxylic acids is 2. The fourth-order valence-corrected chi connectivity index (χ4v) is 1.47. The lowest BCUT2D eigenvalue weighted by Crippen LogP contribution is -2.43.